The van der Waals surface area contributed by atoms with E-state index in [1.807, 2.05) is 84.9 Å². The van der Waals surface area contributed by atoms with Crippen molar-refractivity contribution in [2.24, 2.45) is 0 Å². The Morgan fingerprint density at radius 2 is 1.14 bits per heavy atom. The van der Waals surface area contributed by atoms with E-state index in [1.165, 1.54) is 5.56 Å². The maximum atomic E-state index is 10.8. The zero-order valence-corrected chi connectivity index (χ0v) is 22.0. The number of hydrogen-bond donors (Lipinski definition) is 3. The number of benzene rings is 3. The Hall–Kier alpha value is -3.47. The van der Waals surface area contributed by atoms with E-state index < -0.39 is 5.97 Å². The Bertz CT molecular complexity index is 1190. The van der Waals surface area contributed by atoms with Crippen LogP contribution in [0.15, 0.2) is 36.4 Å². The van der Waals surface area contributed by atoms with Gasteiger partial charge in [-0.2, -0.15) is 0 Å². The monoisotopic (exact) mass is 478 g/mol. The molecule has 35 heavy (non-hydrogen) atoms. The molecule has 0 saturated carbocycles. The van der Waals surface area contributed by atoms with Gasteiger partial charge >= 0.3 is 5.97 Å². The summed E-state index contributed by atoms with van der Waals surface area (Å²) >= 11 is 0. The molecule has 3 aromatic carbocycles. The summed E-state index contributed by atoms with van der Waals surface area (Å²) in [6.07, 6.45) is 2.15. The first kappa shape index (κ1) is 27.8. The molecule has 0 aliphatic rings. The topological polar surface area (TPSA) is 87.0 Å². The van der Waals surface area contributed by atoms with Crippen molar-refractivity contribution in [3.63, 3.8) is 0 Å². The van der Waals surface area contributed by atoms with E-state index in [4.69, 9.17) is 9.84 Å². The number of phenols is 2. The molecule has 0 atom stereocenters. The molecule has 3 aromatic rings. The highest BCUT2D eigenvalue weighted by Crippen LogP contribution is 2.32. The van der Waals surface area contributed by atoms with Crippen LogP contribution in [0.2, 0.25) is 0 Å². The van der Waals surface area contributed by atoms with E-state index in [-0.39, 0.29) is 6.61 Å². The highest BCUT2D eigenvalue weighted by atomic mass is 16.5. The summed E-state index contributed by atoms with van der Waals surface area (Å²) in [5, 5.41) is 28.9. The molecule has 5 heteroatoms. The number of aryl methyl sites for hydroxylation is 7. The molecule has 0 saturated heterocycles. The predicted molar refractivity (Wildman–Crippen MR) is 141 cm³/mol. The standard InChI is InChI=1S/C20H24O4.C10H14O/c1-5-15-7-13(3)8-16(19(15)23)10-17-9-12(2)6-14(4)20(17)24-11-18(21)22;1-4-9-6-7(2)5-8(3)10(9)11/h6-9,23H,5,10-11H2,1-4H3,(H,21,22);5-6,11H,4H2,1-3H3. The number of phenolic OH excluding ortho intramolecular Hbond substituents is 2. The van der Waals surface area contributed by atoms with Crippen LogP contribution < -0.4 is 4.74 Å². The van der Waals surface area contributed by atoms with Crippen LogP contribution in [0.3, 0.4) is 0 Å². The lowest BCUT2D eigenvalue weighted by molar-refractivity contribution is -0.139. The summed E-state index contributed by atoms with van der Waals surface area (Å²) in [7, 11) is 0. The van der Waals surface area contributed by atoms with Crippen LogP contribution in [0.4, 0.5) is 0 Å². The van der Waals surface area contributed by atoms with E-state index in [0.29, 0.717) is 23.7 Å². The van der Waals surface area contributed by atoms with Gasteiger partial charge in [0, 0.05) is 6.42 Å². The van der Waals surface area contributed by atoms with Gasteiger partial charge in [0.25, 0.3) is 0 Å². The maximum Gasteiger partial charge on any atom is 0.341 e. The van der Waals surface area contributed by atoms with Crippen LogP contribution in [0, 0.1) is 34.6 Å². The van der Waals surface area contributed by atoms with Gasteiger partial charge in [-0.05, 0) is 80.8 Å². The number of carbonyl (C=O) groups is 1. The minimum Gasteiger partial charge on any atom is -0.507 e. The van der Waals surface area contributed by atoms with Gasteiger partial charge in [0.05, 0.1) is 0 Å². The zero-order valence-electron chi connectivity index (χ0n) is 22.0. The van der Waals surface area contributed by atoms with Gasteiger partial charge in [-0.3, -0.25) is 0 Å². The number of carboxylic acids is 1. The van der Waals surface area contributed by atoms with Crippen molar-refractivity contribution in [3.05, 3.63) is 86.5 Å². The van der Waals surface area contributed by atoms with Gasteiger partial charge in [0.1, 0.15) is 17.2 Å². The third-order valence-corrected chi connectivity index (χ3v) is 5.91. The van der Waals surface area contributed by atoms with Gasteiger partial charge in [-0.15, -0.1) is 0 Å². The fraction of sp³-hybridized carbons (Fsp3) is 0.367. The largest absolute Gasteiger partial charge is 0.507 e. The highest BCUT2D eigenvalue weighted by molar-refractivity contribution is 5.68. The van der Waals surface area contributed by atoms with Crippen LogP contribution in [0.25, 0.3) is 0 Å². The number of carboxylic acid groups (broad SMARTS) is 1. The van der Waals surface area contributed by atoms with Crippen LogP contribution in [0.5, 0.6) is 17.2 Å². The third kappa shape index (κ3) is 7.51. The first-order valence-corrected chi connectivity index (χ1v) is 12.0. The number of ether oxygens (including phenoxy) is 1. The second-order valence-corrected chi connectivity index (χ2v) is 9.16. The molecule has 0 unspecified atom stereocenters. The number of aliphatic carboxylic acids is 1. The maximum absolute atomic E-state index is 10.8. The lowest BCUT2D eigenvalue weighted by atomic mass is 9.95. The lowest BCUT2D eigenvalue weighted by Gasteiger charge is -2.16. The van der Waals surface area contributed by atoms with Gasteiger partial charge in [0.15, 0.2) is 6.61 Å². The molecule has 0 heterocycles. The minimum absolute atomic E-state index is 0.312. The summed E-state index contributed by atoms with van der Waals surface area (Å²) in [5.41, 5.74) is 8.94. The molecular weight excluding hydrogens is 440 g/mol. The fourth-order valence-electron chi connectivity index (χ4n) is 4.38. The summed E-state index contributed by atoms with van der Waals surface area (Å²) in [4.78, 5) is 10.8. The van der Waals surface area contributed by atoms with Crippen molar-refractivity contribution in [3.8, 4) is 17.2 Å². The quantitative estimate of drug-likeness (QED) is 0.360. The van der Waals surface area contributed by atoms with Crippen molar-refractivity contribution < 1.29 is 24.9 Å². The SMILES string of the molecule is CCc1cc(C)cc(C)c1O.CCc1cc(C)cc(Cc2cc(C)cc(C)c2OCC(=O)O)c1O. The second-order valence-electron chi connectivity index (χ2n) is 9.16. The Morgan fingerprint density at radius 3 is 1.69 bits per heavy atom. The van der Waals surface area contributed by atoms with E-state index in [0.717, 1.165) is 57.3 Å². The summed E-state index contributed by atoms with van der Waals surface area (Å²) in [6.45, 7) is 13.6. The van der Waals surface area contributed by atoms with Crippen LogP contribution >= 0.6 is 0 Å². The fourth-order valence-corrected chi connectivity index (χ4v) is 4.38. The van der Waals surface area contributed by atoms with E-state index >= 15 is 0 Å². The molecule has 0 fully saturated rings. The average Bonchev–Trinajstić information content (AvgIpc) is 2.78. The van der Waals surface area contributed by atoms with E-state index in [2.05, 4.69) is 0 Å². The smallest absolute Gasteiger partial charge is 0.341 e. The molecule has 0 aliphatic carbocycles. The Balaban J connectivity index is 0.000000328. The van der Waals surface area contributed by atoms with E-state index in [1.54, 1.807) is 0 Å². The molecule has 0 radical (unpaired) electrons. The van der Waals surface area contributed by atoms with Crippen LogP contribution in [-0.4, -0.2) is 27.9 Å². The molecule has 3 N–H and O–H groups in total. The molecule has 0 aromatic heterocycles. The van der Waals surface area contributed by atoms with Gasteiger partial charge in [-0.25, -0.2) is 4.79 Å². The molecule has 0 amide bonds. The minimum atomic E-state index is -1.01. The number of rotatable bonds is 7. The highest BCUT2D eigenvalue weighted by Gasteiger charge is 2.15. The first-order chi connectivity index (χ1) is 16.5. The third-order valence-electron chi connectivity index (χ3n) is 5.91. The lowest BCUT2D eigenvalue weighted by Crippen LogP contribution is -2.12. The first-order valence-electron chi connectivity index (χ1n) is 12.0. The Kier molecular flexibility index (Phi) is 9.76. The summed E-state index contributed by atoms with van der Waals surface area (Å²) in [5.74, 6) is 0.346. The van der Waals surface area contributed by atoms with Crippen molar-refractivity contribution in [2.45, 2.75) is 67.7 Å². The predicted octanol–water partition coefficient (Wildman–Crippen LogP) is 6.51. The molecule has 0 aliphatic heterocycles. The van der Waals surface area contributed by atoms with Gasteiger partial charge in [-0.1, -0.05) is 66.9 Å². The van der Waals surface area contributed by atoms with Crippen molar-refractivity contribution in [1.82, 2.24) is 0 Å². The molecule has 5 nitrogen and oxygen atoms in total. The average molecular weight is 479 g/mol. The van der Waals surface area contributed by atoms with Crippen molar-refractivity contribution in [2.75, 3.05) is 6.61 Å². The van der Waals surface area contributed by atoms with Crippen molar-refractivity contribution in [1.29, 1.82) is 0 Å². The molecule has 3 rings (SSSR count). The summed E-state index contributed by atoms with van der Waals surface area (Å²) in [6, 6.07) is 11.9. The van der Waals surface area contributed by atoms with Crippen molar-refractivity contribution >= 4 is 5.97 Å². The molecule has 188 valence electrons. The molecule has 0 spiro atoms. The second kappa shape index (κ2) is 12.3. The summed E-state index contributed by atoms with van der Waals surface area (Å²) < 4.78 is 5.50. The van der Waals surface area contributed by atoms with Gasteiger partial charge < -0.3 is 20.1 Å². The van der Waals surface area contributed by atoms with Crippen LogP contribution in [0.1, 0.15) is 63.9 Å². The van der Waals surface area contributed by atoms with Crippen LogP contribution in [-0.2, 0) is 24.1 Å². The normalized spacial score (nSPS) is 10.5. The molecular formula is C30H38O5. The zero-order chi connectivity index (χ0) is 26.3. The van der Waals surface area contributed by atoms with Gasteiger partial charge in [0.2, 0.25) is 0 Å². The Morgan fingerprint density at radius 1 is 0.686 bits per heavy atom. The number of hydrogen-bond acceptors (Lipinski definition) is 4. The van der Waals surface area contributed by atoms with E-state index in [9.17, 15) is 15.0 Å². The Labute approximate surface area is 209 Å². The molecule has 0 bridgehead atoms. The number of aromatic hydroxyl groups is 2.